The highest BCUT2D eigenvalue weighted by Gasteiger charge is 2.49. The third kappa shape index (κ3) is 3.23. The molecule has 2 N–H and O–H groups in total. The summed E-state index contributed by atoms with van der Waals surface area (Å²) in [5, 5.41) is 0. The maximum Gasteiger partial charge on any atom is 0.391 e. The van der Waals surface area contributed by atoms with Crippen molar-refractivity contribution in [3.63, 3.8) is 0 Å². The van der Waals surface area contributed by atoms with Gasteiger partial charge in [-0.1, -0.05) is 6.42 Å². The summed E-state index contributed by atoms with van der Waals surface area (Å²) in [5.74, 6) is -1.18. The Kier molecular flexibility index (Phi) is 4.42. The van der Waals surface area contributed by atoms with E-state index in [2.05, 4.69) is 9.80 Å². The van der Waals surface area contributed by atoms with Gasteiger partial charge in [0.2, 0.25) is 0 Å². The lowest BCUT2D eigenvalue weighted by Crippen LogP contribution is -2.62. The molecule has 1 aliphatic heterocycles. The number of nitrogens with two attached hydrogens (primary N) is 1. The fourth-order valence-corrected chi connectivity index (χ4v) is 3.50. The summed E-state index contributed by atoms with van der Waals surface area (Å²) in [5.41, 5.74) is 5.46. The van der Waals surface area contributed by atoms with Crippen LogP contribution in [0.15, 0.2) is 0 Å². The molecular formula is C13H24F3N3. The molecule has 3 nitrogen and oxygen atoms in total. The highest BCUT2D eigenvalue weighted by molar-refractivity contribution is 4.99. The van der Waals surface area contributed by atoms with E-state index in [1.165, 1.54) is 0 Å². The molecule has 6 heteroatoms. The maximum absolute atomic E-state index is 13.0. The number of rotatable bonds is 2. The van der Waals surface area contributed by atoms with E-state index in [-0.39, 0.29) is 12.8 Å². The molecule has 0 aromatic carbocycles. The highest BCUT2D eigenvalue weighted by Crippen LogP contribution is 2.44. The molecule has 1 saturated carbocycles. The number of hydrogen-bond acceptors (Lipinski definition) is 3. The molecule has 0 amide bonds. The van der Waals surface area contributed by atoms with Crippen LogP contribution < -0.4 is 5.73 Å². The van der Waals surface area contributed by atoms with Gasteiger partial charge in [0, 0.05) is 38.3 Å². The van der Waals surface area contributed by atoms with Crippen LogP contribution in [0.3, 0.4) is 0 Å². The number of piperazine rings is 1. The molecule has 1 heterocycles. The highest BCUT2D eigenvalue weighted by atomic mass is 19.4. The van der Waals surface area contributed by atoms with Crippen LogP contribution in [0, 0.1) is 5.92 Å². The minimum Gasteiger partial charge on any atom is -0.329 e. The van der Waals surface area contributed by atoms with Gasteiger partial charge < -0.3 is 10.6 Å². The molecule has 1 saturated heterocycles. The number of likely N-dealkylation sites (N-methyl/N-ethyl adjacent to an activating group) is 1. The molecule has 0 aromatic heterocycles. The van der Waals surface area contributed by atoms with Crippen molar-refractivity contribution in [2.24, 2.45) is 11.7 Å². The fraction of sp³-hybridized carbons (Fsp3) is 1.00. The van der Waals surface area contributed by atoms with E-state index in [0.29, 0.717) is 13.0 Å². The lowest BCUT2D eigenvalue weighted by atomic mass is 9.74. The van der Waals surface area contributed by atoms with Crippen molar-refractivity contribution in [2.75, 3.05) is 39.8 Å². The Bertz CT molecular complexity index is 300. The first-order chi connectivity index (χ1) is 8.87. The average Bonchev–Trinajstić information content (AvgIpc) is 2.38. The maximum atomic E-state index is 13.0. The molecule has 0 spiro atoms. The minimum atomic E-state index is -4.08. The van der Waals surface area contributed by atoms with Gasteiger partial charge >= 0.3 is 6.18 Å². The predicted molar refractivity (Wildman–Crippen MR) is 68.9 cm³/mol. The van der Waals surface area contributed by atoms with Crippen LogP contribution in [0.25, 0.3) is 0 Å². The van der Waals surface area contributed by atoms with Gasteiger partial charge in [0.1, 0.15) is 0 Å². The van der Waals surface area contributed by atoms with Crippen LogP contribution in [0.1, 0.15) is 25.7 Å². The van der Waals surface area contributed by atoms with E-state index in [0.717, 1.165) is 32.6 Å². The quantitative estimate of drug-likeness (QED) is 0.835. The molecule has 2 aliphatic rings. The average molecular weight is 279 g/mol. The summed E-state index contributed by atoms with van der Waals surface area (Å²) in [4.78, 5) is 4.43. The molecule has 2 rings (SSSR count). The van der Waals surface area contributed by atoms with Crippen molar-refractivity contribution in [2.45, 2.75) is 37.4 Å². The molecule has 0 bridgehead atoms. The molecule has 2 unspecified atom stereocenters. The van der Waals surface area contributed by atoms with Gasteiger partial charge in [-0.25, -0.2) is 0 Å². The largest absolute Gasteiger partial charge is 0.391 e. The normalized spacial score (nSPS) is 35.5. The zero-order valence-corrected chi connectivity index (χ0v) is 11.5. The van der Waals surface area contributed by atoms with Gasteiger partial charge in [-0.15, -0.1) is 0 Å². The molecule has 112 valence electrons. The molecule has 1 aliphatic carbocycles. The van der Waals surface area contributed by atoms with E-state index in [4.69, 9.17) is 5.73 Å². The first kappa shape index (κ1) is 15.1. The molecule has 0 aromatic rings. The van der Waals surface area contributed by atoms with Gasteiger partial charge in [-0.2, -0.15) is 13.2 Å². The van der Waals surface area contributed by atoms with Crippen molar-refractivity contribution in [1.82, 2.24) is 9.80 Å². The van der Waals surface area contributed by atoms with E-state index in [9.17, 15) is 13.2 Å². The SMILES string of the molecule is CN1CCN(C2(CN)CCCC(C(F)(F)F)C2)CC1. The standard InChI is InChI=1S/C13H24F3N3/c1-18-5-7-19(8-6-18)12(10-17)4-2-3-11(9-12)13(14,15)16/h11H,2-10,17H2,1H3. The Morgan fingerprint density at radius 3 is 2.37 bits per heavy atom. The lowest BCUT2D eigenvalue weighted by Gasteiger charge is -2.50. The van der Waals surface area contributed by atoms with Gasteiger partial charge in [0.25, 0.3) is 0 Å². The first-order valence-corrected chi connectivity index (χ1v) is 7.08. The summed E-state index contributed by atoms with van der Waals surface area (Å²) in [6, 6.07) is 0. The van der Waals surface area contributed by atoms with Crippen molar-refractivity contribution in [3.8, 4) is 0 Å². The second kappa shape index (κ2) is 5.58. The molecule has 0 radical (unpaired) electrons. The third-order valence-electron chi connectivity index (χ3n) is 4.84. The summed E-state index contributed by atoms with van der Waals surface area (Å²) in [7, 11) is 2.05. The van der Waals surface area contributed by atoms with Gasteiger partial charge in [-0.3, -0.25) is 4.90 Å². The Morgan fingerprint density at radius 2 is 1.84 bits per heavy atom. The fourth-order valence-electron chi connectivity index (χ4n) is 3.50. The van der Waals surface area contributed by atoms with Crippen LogP contribution in [0.4, 0.5) is 13.2 Å². The molecule has 19 heavy (non-hydrogen) atoms. The van der Waals surface area contributed by atoms with Crippen LogP contribution >= 0.6 is 0 Å². The number of hydrogen-bond donors (Lipinski definition) is 1. The first-order valence-electron chi connectivity index (χ1n) is 7.08. The van der Waals surface area contributed by atoms with E-state index in [1.807, 2.05) is 7.05 Å². The van der Waals surface area contributed by atoms with E-state index >= 15 is 0 Å². The summed E-state index contributed by atoms with van der Waals surface area (Å²) >= 11 is 0. The zero-order chi connectivity index (χ0) is 14.1. The zero-order valence-electron chi connectivity index (χ0n) is 11.5. The third-order valence-corrected chi connectivity index (χ3v) is 4.84. The summed E-state index contributed by atoms with van der Waals surface area (Å²) < 4.78 is 38.9. The molecule has 2 fully saturated rings. The smallest absolute Gasteiger partial charge is 0.329 e. The van der Waals surface area contributed by atoms with Crippen LogP contribution in [-0.4, -0.2) is 61.3 Å². The second-order valence-electron chi connectivity index (χ2n) is 6.05. The lowest BCUT2D eigenvalue weighted by molar-refractivity contribution is -0.194. The Labute approximate surface area is 112 Å². The Balaban J connectivity index is 2.09. The molecule has 2 atom stereocenters. The number of alkyl halides is 3. The van der Waals surface area contributed by atoms with Crippen molar-refractivity contribution in [1.29, 1.82) is 0 Å². The second-order valence-corrected chi connectivity index (χ2v) is 6.05. The Hall–Kier alpha value is -0.330. The van der Waals surface area contributed by atoms with Crippen LogP contribution in [0.2, 0.25) is 0 Å². The minimum absolute atomic E-state index is 0.177. The van der Waals surface area contributed by atoms with Gasteiger partial charge in [0.05, 0.1) is 5.92 Å². The van der Waals surface area contributed by atoms with Crippen molar-refractivity contribution >= 4 is 0 Å². The Morgan fingerprint density at radius 1 is 1.21 bits per heavy atom. The van der Waals surface area contributed by atoms with Gasteiger partial charge in [0.15, 0.2) is 0 Å². The predicted octanol–water partition coefficient (Wildman–Crippen LogP) is 1.68. The topological polar surface area (TPSA) is 32.5 Å². The summed E-state index contributed by atoms with van der Waals surface area (Å²) in [6.07, 6.45) is -2.20. The van der Waals surface area contributed by atoms with Gasteiger partial charge in [-0.05, 0) is 26.3 Å². The molecular weight excluding hydrogens is 255 g/mol. The van der Waals surface area contributed by atoms with Crippen LogP contribution in [0.5, 0.6) is 0 Å². The van der Waals surface area contributed by atoms with Crippen LogP contribution in [-0.2, 0) is 0 Å². The van der Waals surface area contributed by atoms with E-state index in [1.54, 1.807) is 0 Å². The summed E-state index contributed by atoms with van der Waals surface area (Å²) in [6.45, 7) is 3.83. The van der Waals surface area contributed by atoms with Crippen molar-refractivity contribution in [3.05, 3.63) is 0 Å². The number of halogens is 3. The van der Waals surface area contributed by atoms with E-state index < -0.39 is 17.6 Å². The van der Waals surface area contributed by atoms with Crippen molar-refractivity contribution < 1.29 is 13.2 Å². The monoisotopic (exact) mass is 279 g/mol. The number of nitrogens with zero attached hydrogens (tertiary/aromatic N) is 2.